The Balaban J connectivity index is 0.702. The molecule has 6 N–H and O–H groups in total. The lowest BCUT2D eigenvalue weighted by molar-refractivity contribution is -0.144. The number of hydrogen-bond acceptors (Lipinski definition) is 11. The van der Waals surface area contributed by atoms with E-state index in [1.807, 2.05) is 98.8 Å². The van der Waals surface area contributed by atoms with Crippen molar-refractivity contribution in [2.45, 2.75) is 134 Å². The predicted molar refractivity (Wildman–Crippen MR) is 314 cm³/mol. The van der Waals surface area contributed by atoms with Gasteiger partial charge in [-0.05, 0) is 126 Å². The largest absolute Gasteiger partial charge is 0.391 e. The molecule has 3 fully saturated rings. The standard InChI is InChI=1S/C61H76F2N10O7S/c1-39-37-81(38-65-39)48-16-12-40(13-17-48)35-64-59(78)53-34-47(74)36-73(53)60(79)56(61(2,3)4)67-54(75)10-8-6-5-7-9-11-55(76)72-24-22-71(23-25-72)46-15-18-49(52(33-46)66-45-20-26-80-27-21-45)58(77)68-57-50-31-41(14-19-51(50)69-70-57)28-42-29-43(62)32-44(63)30-42/h12-19,29-33,37-38,45,47,53,56,66,74,81H,5-11,20-28,34-36H2,1-4H3,(H,64,78)(H,67,75)(H2,68,69,70,77)/t47-,53+,56-/m1/s1. The number of halogens is 2. The Morgan fingerprint density at radius 2 is 1.54 bits per heavy atom. The van der Waals surface area contributed by atoms with E-state index < -0.39 is 52.0 Å². The number of allylic oxidation sites excluding steroid dienone is 1. The number of aliphatic imine (C=N–C) groups is 1. The van der Waals surface area contributed by atoms with Crippen LogP contribution >= 0.6 is 10.9 Å². The van der Waals surface area contributed by atoms with Crippen molar-refractivity contribution in [3.8, 4) is 0 Å². The van der Waals surface area contributed by atoms with Crippen LogP contribution in [-0.2, 0) is 36.9 Å². The molecule has 0 radical (unpaired) electrons. The quantitative estimate of drug-likeness (QED) is 0.0274. The van der Waals surface area contributed by atoms with Crippen LogP contribution in [0.25, 0.3) is 10.9 Å². The topological polar surface area (TPSA) is 214 Å². The average Bonchev–Trinajstić information content (AvgIpc) is 4.31. The van der Waals surface area contributed by atoms with E-state index in [1.165, 1.54) is 21.9 Å². The highest BCUT2D eigenvalue weighted by atomic mass is 32.2. The van der Waals surface area contributed by atoms with Gasteiger partial charge >= 0.3 is 0 Å². The number of thiol groups is 1. The lowest BCUT2D eigenvalue weighted by Crippen LogP contribution is -2.57. The van der Waals surface area contributed by atoms with Gasteiger partial charge in [-0.1, -0.05) is 58.2 Å². The molecule has 0 aliphatic carbocycles. The van der Waals surface area contributed by atoms with Crippen molar-refractivity contribution in [1.82, 2.24) is 30.6 Å². The third-order valence-electron chi connectivity index (χ3n) is 15.5. The second-order valence-corrected chi connectivity index (χ2v) is 24.6. The van der Waals surface area contributed by atoms with E-state index in [4.69, 9.17) is 4.74 Å². The summed E-state index contributed by atoms with van der Waals surface area (Å²) >= 11 is 0. The Bertz CT molecular complexity index is 3110. The molecule has 20 heteroatoms. The molecule has 4 aliphatic rings. The fourth-order valence-corrected chi connectivity index (χ4v) is 12.6. The average molecular weight is 1130 g/mol. The molecule has 4 aliphatic heterocycles. The zero-order chi connectivity index (χ0) is 57.2. The number of aliphatic hydroxyl groups is 1. The van der Waals surface area contributed by atoms with Gasteiger partial charge in [0.15, 0.2) is 5.82 Å². The number of hydrogen-bond donors (Lipinski definition) is 7. The number of ether oxygens (including phenoxy) is 1. The third kappa shape index (κ3) is 15.4. The summed E-state index contributed by atoms with van der Waals surface area (Å²) in [4.78, 5) is 79.5. The van der Waals surface area contributed by atoms with E-state index >= 15 is 0 Å². The third-order valence-corrected chi connectivity index (χ3v) is 17.4. The van der Waals surface area contributed by atoms with Crippen molar-refractivity contribution < 1.29 is 42.6 Å². The first kappa shape index (κ1) is 58.5. The number of amides is 5. The Kier molecular flexibility index (Phi) is 19.2. The van der Waals surface area contributed by atoms with Gasteiger partial charge in [0.1, 0.15) is 23.7 Å². The van der Waals surface area contributed by atoms with E-state index in [-0.39, 0.29) is 55.6 Å². The van der Waals surface area contributed by atoms with Crippen molar-refractivity contribution in [3.63, 3.8) is 0 Å². The number of nitrogens with zero attached hydrogens (tertiary/aromatic N) is 5. The first-order valence-corrected chi connectivity index (χ1v) is 29.8. The summed E-state index contributed by atoms with van der Waals surface area (Å²) in [5.74, 6) is -2.18. The van der Waals surface area contributed by atoms with Gasteiger partial charge in [-0.25, -0.2) is 8.78 Å². The Morgan fingerprint density at radius 1 is 0.840 bits per heavy atom. The Labute approximate surface area is 475 Å². The highest BCUT2D eigenvalue weighted by Crippen LogP contribution is 2.40. The molecule has 0 saturated carbocycles. The lowest BCUT2D eigenvalue weighted by atomic mass is 9.85. The van der Waals surface area contributed by atoms with E-state index in [2.05, 4.69) is 46.8 Å². The van der Waals surface area contributed by atoms with E-state index in [0.29, 0.717) is 92.2 Å². The number of carbonyl (C=O) groups is 5. The maximum absolute atomic E-state index is 14.1. The zero-order valence-corrected chi connectivity index (χ0v) is 47.6. The number of anilines is 3. The van der Waals surface area contributed by atoms with Gasteiger partial charge in [0.2, 0.25) is 23.6 Å². The molecule has 5 amide bonds. The maximum Gasteiger partial charge on any atom is 0.258 e. The zero-order valence-electron chi connectivity index (χ0n) is 46.7. The summed E-state index contributed by atoms with van der Waals surface area (Å²) in [6.45, 7) is 11.5. The number of nitrogens with one attached hydrogen (secondary N) is 5. The normalized spacial score (nSPS) is 19.4. The summed E-state index contributed by atoms with van der Waals surface area (Å²) < 4.78 is 33.5. The minimum absolute atomic E-state index is 0.00490. The van der Waals surface area contributed by atoms with Crippen molar-refractivity contribution in [3.05, 3.63) is 124 Å². The number of carbonyl (C=O) groups excluding carboxylic acids is 5. The summed E-state index contributed by atoms with van der Waals surface area (Å²) in [6.07, 6.45) is 5.64. The molecule has 17 nitrogen and oxygen atoms in total. The minimum Gasteiger partial charge on any atom is -0.391 e. The number of rotatable bonds is 21. The molecule has 4 aromatic carbocycles. The number of aromatic nitrogens is 2. The van der Waals surface area contributed by atoms with E-state index in [1.54, 1.807) is 0 Å². The Morgan fingerprint density at radius 3 is 2.25 bits per heavy atom. The number of H-pyrrole nitrogens is 1. The van der Waals surface area contributed by atoms with Crippen LogP contribution in [0.4, 0.5) is 26.0 Å². The van der Waals surface area contributed by atoms with Gasteiger partial charge in [-0.15, -0.1) is 0 Å². The lowest BCUT2D eigenvalue weighted by Gasteiger charge is -2.36. The first-order chi connectivity index (χ1) is 38.9. The molecule has 5 aromatic rings. The molecule has 432 valence electrons. The van der Waals surface area contributed by atoms with Crippen LogP contribution in [-0.4, -0.2) is 130 Å². The summed E-state index contributed by atoms with van der Waals surface area (Å²) in [6, 6.07) is 21.1. The van der Waals surface area contributed by atoms with Crippen LogP contribution < -0.4 is 26.2 Å². The predicted octanol–water partition coefficient (Wildman–Crippen LogP) is 8.73. The fraction of sp³-hybridized carbons (Fsp3) is 0.459. The SMILES string of the molecule is CC1=C[SH](c2ccc(CNC(=O)[C@@H]3C[C@@H](O)CN3C(=O)[C@@H](NC(=O)CCCCCCCC(=O)N3CCN(c4ccc(C(=O)Nc5n[nH]c6ccc(Cc7cc(F)cc(F)c7)cc56)c(NC5CCOCC5)c4)CC3)C(C)(C)C)cc2)C=N1. The molecule has 1 aromatic heterocycles. The van der Waals surface area contributed by atoms with Gasteiger partial charge in [0.25, 0.3) is 5.91 Å². The van der Waals surface area contributed by atoms with Crippen LogP contribution in [0.15, 0.2) is 99.9 Å². The van der Waals surface area contributed by atoms with Gasteiger partial charge in [0, 0.05) is 112 Å². The van der Waals surface area contributed by atoms with Crippen LogP contribution in [0.2, 0.25) is 0 Å². The molecule has 5 heterocycles. The summed E-state index contributed by atoms with van der Waals surface area (Å²) in [5, 5.41) is 33.4. The number of aromatic amines is 1. The molecule has 0 bridgehead atoms. The Hall–Kier alpha value is -7.16. The highest BCUT2D eigenvalue weighted by molar-refractivity contribution is 8.31. The number of piperazine rings is 1. The van der Waals surface area contributed by atoms with Gasteiger partial charge in [-0.3, -0.25) is 34.1 Å². The monoisotopic (exact) mass is 1130 g/mol. The minimum atomic E-state index is -0.898. The highest BCUT2D eigenvalue weighted by Gasteiger charge is 2.44. The second-order valence-electron chi connectivity index (χ2n) is 22.8. The second kappa shape index (κ2) is 26.6. The van der Waals surface area contributed by atoms with Gasteiger partial charge in [0.05, 0.1) is 17.2 Å². The van der Waals surface area contributed by atoms with Gasteiger partial charge < -0.3 is 45.8 Å². The molecule has 0 spiro atoms. The van der Waals surface area contributed by atoms with E-state index in [0.717, 1.165) is 67.1 Å². The number of likely N-dealkylation sites (tertiary alicyclic amines) is 1. The summed E-state index contributed by atoms with van der Waals surface area (Å²) in [5.41, 5.74) is 7.28. The van der Waals surface area contributed by atoms with Crippen molar-refractivity contribution in [1.29, 1.82) is 0 Å². The maximum atomic E-state index is 14.1. The molecule has 9 rings (SSSR count). The number of β-amino-alcohol motifs (C(OH)–C–C–N with tert-alkyl or cyclic N) is 1. The molecule has 81 heavy (non-hydrogen) atoms. The number of fused-ring (bicyclic) bond motifs is 1. The number of unbranched alkanes of at least 4 members (excludes halogenated alkanes) is 4. The van der Waals surface area contributed by atoms with Crippen LogP contribution in [0.1, 0.15) is 119 Å². The van der Waals surface area contributed by atoms with Crippen molar-refractivity contribution in [2.75, 3.05) is 61.5 Å². The number of aliphatic hydroxyl groups excluding tert-OH is 1. The van der Waals surface area contributed by atoms with Crippen molar-refractivity contribution >= 4 is 74.1 Å². The molecular weight excluding hydrogens is 1050 g/mol. The molecular formula is C61H76F2N10O7S. The van der Waals surface area contributed by atoms with Crippen LogP contribution in [0.3, 0.4) is 0 Å². The van der Waals surface area contributed by atoms with E-state index in [9.17, 15) is 37.9 Å². The van der Waals surface area contributed by atoms with Crippen molar-refractivity contribution in [2.24, 2.45) is 10.4 Å². The van der Waals surface area contributed by atoms with Crippen LogP contribution in [0, 0.1) is 17.0 Å². The van der Waals surface area contributed by atoms with Crippen LogP contribution in [0.5, 0.6) is 0 Å². The fourth-order valence-electron chi connectivity index (χ4n) is 11.0. The first-order valence-electron chi connectivity index (χ1n) is 28.3. The molecule has 1 unspecified atom stereocenters. The smallest absolute Gasteiger partial charge is 0.258 e. The molecule has 4 atom stereocenters. The van der Waals surface area contributed by atoms with Gasteiger partial charge in [-0.2, -0.15) is 16.0 Å². The molecule has 3 saturated heterocycles. The summed E-state index contributed by atoms with van der Waals surface area (Å²) in [7, 11) is -0.566. The number of benzene rings is 4.